The van der Waals surface area contributed by atoms with E-state index in [2.05, 4.69) is 93.2 Å². The van der Waals surface area contributed by atoms with E-state index in [0.717, 1.165) is 62.9 Å². The Balaban J connectivity index is 1.21. The minimum absolute atomic E-state index is 0.00822. The molecule has 0 bridgehead atoms. The van der Waals surface area contributed by atoms with E-state index in [-0.39, 0.29) is 27.6 Å². The lowest BCUT2D eigenvalue weighted by molar-refractivity contribution is -0.205. The number of methoxy groups -OCH3 is 1. The summed E-state index contributed by atoms with van der Waals surface area (Å²) >= 11 is 0. The van der Waals surface area contributed by atoms with E-state index < -0.39 is 16.6 Å². The van der Waals surface area contributed by atoms with Gasteiger partial charge in [-0.2, -0.15) is 0 Å². The number of benzene rings is 1. The van der Waals surface area contributed by atoms with Crippen LogP contribution in [0.25, 0.3) is 6.08 Å². The van der Waals surface area contributed by atoms with E-state index >= 15 is 0 Å². The SMILES string of the molecule is C=C(C)C1CCC(C)C23CC=C(C)C2(C1)Oc1c(cc2c(c1C)C=CC1C2(C)CCC2(C)C4CC(C)(C(=O)OC)CCC4(C)CCC12C)O3. The Bertz CT molecular complexity index is 1700. The van der Waals surface area contributed by atoms with Crippen LogP contribution in [0.15, 0.2) is 35.9 Å². The van der Waals surface area contributed by atoms with Gasteiger partial charge in [-0.05, 0) is 142 Å². The van der Waals surface area contributed by atoms with Crippen LogP contribution < -0.4 is 9.47 Å². The highest BCUT2D eigenvalue weighted by Crippen LogP contribution is 2.75. The lowest BCUT2D eigenvalue weighted by Crippen LogP contribution is -2.65. The molecule has 11 unspecified atom stereocenters. The van der Waals surface area contributed by atoms with Crippen molar-refractivity contribution in [1.82, 2.24) is 0 Å². The number of ether oxygens (including phenoxy) is 3. The maximum absolute atomic E-state index is 13.2. The molecule has 0 amide bonds. The van der Waals surface area contributed by atoms with Gasteiger partial charge >= 0.3 is 5.97 Å². The molecule has 0 spiro atoms. The summed E-state index contributed by atoms with van der Waals surface area (Å²) in [6.45, 7) is 26.1. The highest BCUT2D eigenvalue weighted by atomic mass is 16.6. The van der Waals surface area contributed by atoms with E-state index in [0.29, 0.717) is 23.7 Å². The van der Waals surface area contributed by atoms with Crippen molar-refractivity contribution in [1.29, 1.82) is 0 Å². The number of fused-ring (bicyclic) bond motifs is 8. The number of allylic oxidation sites excluding steroid dienone is 2. The van der Waals surface area contributed by atoms with Gasteiger partial charge in [0.05, 0.1) is 12.5 Å². The lowest BCUT2D eigenvalue weighted by Gasteiger charge is -2.71. The van der Waals surface area contributed by atoms with Crippen molar-refractivity contribution in [3.05, 3.63) is 52.6 Å². The molecular weight excluding hydrogens is 604 g/mol. The van der Waals surface area contributed by atoms with Crippen molar-refractivity contribution in [3.8, 4) is 11.5 Å². The molecule has 4 fully saturated rings. The molecule has 1 aromatic carbocycles. The van der Waals surface area contributed by atoms with Crippen molar-refractivity contribution in [3.63, 3.8) is 0 Å². The second kappa shape index (κ2) is 10.3. The fourth-order valence-corrected chi connectivity index (χ4v) is 13.7. The van der Waals surface area contributed by atoms with Crippen LogP contribution in [0.4, 0.5) is 0 Å². The van der Waals surface area contributed by atoms with Crippen molar-refractivity contribution in [2.75, 3.05) is 7.11 Å². The third kappa shape index (κ3) is 4.01. The van der Waals surface area contributed by atoms with Gasteiger partial charge in [-0.1, -0.05) is 65.0 Å². The minimum Gasteiger partial charge on any atom is -0.478 e. The van der Waals surface area contributed by atoms with Gasteiger partial charge in [0.15, 0.2) is 22.7 Å². The first-order valence-corrected chi connectivity index (χ1v) is 19.6. The molecule has 266 valence electrons. The summed E-state index contributed by atoms with van der Waals surface area (Å²) < 4.78 is 20.4. The number of carbonyl (C=O) groups is 1. The van der Waals surface area contributed by atoms with Gasteiger partial charge in [0.25, 0.3) is 0 Å². The minimum atomic E-state index is -0.461. The van der Waals surface area contributed by atoms with Crippen molar-refractivity contribution >= 4 is 12.0 Å². The van der Waals surface area contributed by atoms with Gasteiger partial charge in [-0.3, -0.25) is 4.79 Å². The van der Waals surface area contributed by atoms with Gasteiger partial charge in [-0.15, -0.1) is 0 Å². The van der Waals surface area contributed by atoms with E-state index in [1.165, 1.54) is 47.1 Å². The number of rotatable bonds is 2. The van der Waals surface area contributed by atoms with Crippen LogP contribution in [0.5, 0.6) is 11.5 Å². The highest BCUT2D eigenvalue weighted by molar-refractivity contribution is 5.76. The van der Waals surface area contributed by atoms with Crippen molar-refractivity contribution in [2.24, 2.45) is 45.3 Å². The Kier molecular flexibility index (Phi) is 7.08. The summed E-state index contributed by atoms with van der Waals surface area (Å²) in [5, 5.41) is 0. The zero-order chi connectivity index (χ0) is 35.2. The number of esters is 1. The van der Waals surface area contributed by atoms with Crippen LogP contribution in [0.2, 0.25) is 0 Å². The Morgan fingerprint density at radius 1 is 0.939 bits per heavy atom. The largest absolute Gasteiger partial charge is 0.478 e. The molecule has 1 aromatic rings. The molecule has 7 aliphatic rings. The second-order valence-electron chi connectivity index (χ2n) is 19.6. The van der Waals surface area contributed by atoms with Crippen molar-refractivity contribution in [2.45, 2.75) is 150 Å². The second-order valence-corrected chi connectivity index (χ2v) is 19.6. The summed E-state index contributed by atoms with van der Waals surface area (Å²) in [7, 11) is 1.57. The predicted octanol–water partition coefficient (Wildman–Crippen LogP) is 11.1. The predicted molar refractivity (Wildman–Crippen MR) is 198 cm³/mol. The summed E-state index contributed by atoms with van der Waals surface area (Å²) in [5.74, 6) is 3.59. The lowest BCUT2D eigenvalue weighted by atomic mass is 9.33. The van der Waals surface area contributed by atoms with Gasteiger partial charge < -0.3 is 14.2 Å². The number of hydrogen-bond acceptors (Lipinski definition) is 4. The van der Waals surface area contributed by atoms with Gasteiger partial charge in [0, 0.05) is 29.7 Å². The quantitative estimate of drug-likeness (QED) is 0.233. The molecule has 0 saturated heterocycles. The van der Waals surface area contributed by atoms with E-state index in [1.54, 1.807) is 7.11 Å². The zero-order valence-corrected chi connectivity index (χ0v) is 32.2. The molecule has 49 heavy (non-hydrogen) atoms. The first-order chi connectivity index (χ1) is 22.9. The smallest absolute Gasteiger partial charge is 0.311 e. The van der Waals surface area contributed by atoms with Gasteiger partial charge in [0.1, 0.15) is 0 Å². The molecule has 6 aliphatic carbocycles. The molecule has 1 aliphatic heterocycles. The van der Waals surface area contributed by atoms with E-state index in [4.69, 9.17) is 14.2 Å². The summed E-state index contributed by atoms with van der Waals surface area (Å²) in [6, 6.07) is 2.43. The maximum atomic E-state index is 13.2. The fourth-order valence-electron chi connectivity index (χ4n) is 13.7. The number of carbonyl (C=O) groups excluding carboxylic acids is 1. The monoisotopic (exact) mass is 666 g/mol. The summed E-state index contributed by atoms with van der Waals surface area (Å²) in [4.78, 5) is 13.2. The average Bonchev–Trinajstić information content (AvgIpc) is 3.27. The molecule has 11 atom stereocenters. The Morgan fingerprint density at radius 2 is 1.65 bits per heavy atom. The van der Waals surface area contributed by atoms with E-state index in [9.17, 15) is 4.79 Å². The summed E-state index contributed by atoms with van der Waals surface area (Å²) in [5.41, 5.74) is 5.86. The van der Waals surface area contributed by atoms with E-state index in [1.807, 2.05) is 0 Å². The van der Waals surface area contributed by atoms with Crippen molar-refractivity contribution < 1.29 is 19.0 Å². The van der Waals surface area contributed by atoms with Crippen LogP contribution >= 0.6 is 0 Å². The van der Waals surface area contributed by atoms with Gasteiger partial charge in [-0.25, -0.2) is 0 Å². The molecule has 1 heterocycles. The standard InChI is InChI=1S/C45H62O4/c1-27(2)31-13-12-28(3)44-17-16-29(4)45(44,25-31)49-37-30(5)32-14-15-35-41(8,33(32)24-34(37)48-44)21-23-43(10)36-26-40(7,38(46)47-11)19-18-39(36,6)20-22-42(35,43)9/h14-16,24,28,31,35-36H,1,12-13,17-23,25-26H2,2-11H3. The molecular formula is C45H62O4. The van der Waals surface area contributed by atoms with Crippen LogP contribution in [-0.2, 0) is 14.9 Å². The first kappa shape index (κ1) is 33.6. The van der Waals surface area contributed by atoms with Crippen LogP contribution in [-0.4, -0.2) is 24.3 Å². The molecule has 4 saturated carbocycles. The number of hydrogen-bond donors (Lipinski definition) is 0. The fraction of sp³-hybridized carbons (Fsp3) is 0.711. The third-order valence-electron chi connectivity index (χ3n) is 17.4. The zero-order valence-electron chi connectivity index (χ0n) is 32.2. The maximum Gasteiger partial charge on any atom is 0.311 e. The Morgan fingerprint density at radius 3 is 2.37 bits per heavy atom. The Hall–Kier alpha value is -2.49. The molecule has 4 heteroatoms. The van der Waals surface area contributed by atoms with Crippen LogP contribution in [0.3, 0.4) is 0 Å². The Labute approximate surface area is 296 Å². The van der Waals surface area contributed by atoms with Crippen LogP contribution in [0, 0.1) is 52.3 Å². The molecule has 0 aromatic heterocycles. The average molecular weight is 667 g/mol. The topological polar surface area (TPSA) is 44.8 Å². The molecule has 8 rings (SSSR count). The summed E-state index contributed by atoms with van der Waals surface area (Å²) in [6.07, 6.45) is 19.3. The highest BCUT2D eigenvalue weighted by Gasteiger charge is 2.69. The molecule has 4 nitrogen and oxygen atoms in total. The van der Waals surface area contributed by atoms with Gasteiger partial charge in [0.2, 0.25) is 0 Å². The molecule has 0 radical (unpaired) electrons. The normalized spacial score (nSPS) is 47.6. The van der Waals surface area contributed by atoms with Crippen LogP contribution in [0.1, 0.15) is 143 Å². The first-order valence-electron chi connectivity index (χ1n) is 19.6. The molecule has 0 N–H and O–H groups in total. The third-order valence-corrected chi connectivity index (χ3v) is 17.4.